The van der Waals surface area contributed by atoms with Crippen LogP contribution >= 0.6 is 0 Å². The van der Waals surface area contributed by atoms with Gasteiger partial charge in [0.25, 0.3) is 11.8 Å². The lowest BCUT2D eigenvalue weighted by molar-refractivity contribution is 0.0950. The fraction of sp³-hybridized carbons (Fsp3) is 0.222. The molecule has 1 aliphatic rings. The third kappa shape index (κ3) is 3.74. The average molecular weight is 312 g/mol. The minimum Gasteiger partial charge on any atom is -0.349 e. The van der Waals surface area contributed by atoms with Crippen molar-refractivity contribution in [1.29, 1.82) is 0 Å². The molecule has 2 amide bonds. The lowest BCUT2D eigenvalue weighted by atomic mass is 10.1. The molecule has 2 N–H and O–H groups in total. The quantitative estimate of drug-likeness (QED) is 0.910. The van der Waals surface area contributed by atoms with Gasteiger partial charge in [0, 0.05) is 22.9 Å². The molecule has 1 fully saturated rings. The van der Waals surface area contributed by atoms with Crippen LogP contribution in [0.3, 0.4) is 0 Å². The predicted octanol–water partition coefficient (Wildman–Crippen LogP) is 3.28. The van der Waals surface area contributed by atoms with Crippen molar-refractivity contribution in [3.8, 4) is 0 Å². The molecule has 5 heteroatoms. The van der Waals surface area contributed by atoms with E-state index >= 15 is 0 Å². The number of hydrogen-bond donors (Lipinski definition) is 2. The van der Waals surface area contributed by atoms with E-state index in [1.165, 1.54) is 18.2 Å². The fourth-order valence-corrected chi connectivity index (χ4v) is 2.28. The topological polar surface area (TPSA) is 58.2 Å². The number of halogens is 1. The molecule has 2 aromatic rings. The van der Waals surface area contributed by atoms with Gasteiger partial charge in [-0.3, -0.25) is 9.59 Å². The second kappa shape index (κ2) is 6.20. The Morgan fingerprint density at radius 3 is 2.35 bits per heavy atom. The Kier molecular flexibility index (Phi) is 4.10. The Morgan fingerprint density at radius 2 is 1.74 bits per heavy atom. The van der Waals surface area contributed by atoms with Crippen LogP contribution in [0.15, 0.2) is 42.5 Å². The summed E-state index contributed by atoms with van der Waals surface area (Å²) in [4.78, 5) is 24.1. The predicted molar refractivity (Wildman–Crippen MR) is 86.0 cm³/mol. The Morgan fingerprint density at radius 1 is 1.04 bits per heavy atom. The maximum atomic E-state index is 13.1. The first-order chi connectivity index (χ1) is 11.0. The summed E-state index contributed by atoms with van der Waals surface area (Å²) in [7, 11) is 0. The summed E-state index contributed by atoms with van der Waals surface area (Å²) in [5.41, 5.74) is 2.14. The summed E-state index contributed by atoms with van der Waals surface area (Å²) in [5.74, 6) is -0.775. The van der Waals surface area contributed by atoms with Gasteiger partial charge < -0.3 is 10.6 Å². The molecule has 0 heterocycles. The van der Waals surface area contributed by atoms with Gasteiger partial charge in [-0.2, -0.15) is 0 Å². The summed E-state index contributed by atoms with van der Waals surface area (Å²) in [5, 5.41) is 5.65. The van der Waals surface area contributed by atoms with Crippen LogP contribution in [-0.2, 0) is 0 Å². The standard InChI is InChI=1S/C18H17FN2O2/c1-11-10-13(19)4-9-16(11)18(23)21-14-5-2-12(3-6-14)17(22)20-15-7-8-15/h2-6,9-10,15H,7-8H2,1H3,(H,20,22)(H,21,23). The highest BCUT2D eigenvalue weighted by atomic mass is 19.1. The van der Waals surface area contributed by atoms with Crippen LogP contribution in [-0.4, -0.2) is 17.9 Å². The van der Waals surface area contributed by atoms with Gasteiger partial charge in [0.1, 0.15) is 5.82 Å². The van der Waals surface area contributed by atoms with Crippen LogP contribution in [0.1, 0.15) is 39.1 Å². The van der Waals surface area contributed by atoms with Gasteiger partial charge in [0.15, 0.2) is 0 Å². The molecule has 1 saturated carbocycles. The lowest BCUT2D eigenvalue weighted by Gasteiger charge is -2.09. The average Bonchev–Trinajstić information content (AvgIpc) is 3.31. The van der Waals surface area contributed by atoms with Crippen molar-refractivity contribution in [2.75, 3.05) is 5.32 Å². The normalized spacial score (nSPS) is 13.5. The van der Waals surface area contributed by atoms with E-state index in [0.29, 0.717) is 28.4 Å². The summed E-state index contributed by atoms with van der Waals surface area (Å²) in [6.07, 6.45) is 2.08. The van der Waals surface area contributed by atoms with Gasteiger partial charge in [-0.1, -0.05) is 0 Å². The minimum absolute atomic E-state index is 0.0974. The summed E-state index contributed by atoms with van der Waals surface area (Å²) in [6, 6.07) is 11.0. The van der Waals surface area contributed by atoms with Gasteiger partial charge in [-0.15, -0.1) is 0 Å². The van der Waals surface area contributed by atoms with E-state index in [9.17, 15) is 14.0 Å². The molecule has 0 bridgehead atoms. The van der Waals surface area contributed by atoms with Gasteiger partial charge in [0.05, 0.1) is 0 Å². The van der Waals surface area contributed by atoms with Crippen LogP contribution in [0, 0.1) is 12.7 Å². The molecule has 2 aromatic carbocycles. The van der Waals surface area contributed by atoms with E-state index < -0.39 is 0 Å². The van der Waals surface area contributed by atoms with Crippen molar-refractivity contribution in [2.45, 2.75) is 25.8 Å². The maximum absolute atomic E-state index is 13.1. The van der Waals surface area contributed by atoms with Gasteiger partial charge in [-0.05, 0) is 67.8 Å². The third-order valence-corrected chi connectivity index (χ3v) is 3.75. The highest BCUT2D eigenvalue weighted by Gasteiger charge is 2.23. The SMILES string of the molecule is Cc1cc(F)ccc1C(=O)Nc1ccc(C(=O)NC2CC2)cc1. The van der Waals surface area contributed by atoms with Crippen LogP contribution in [0.25, 0.3) is 0 Å². The Hall–Kier alpha value is -2.69. The van der Waals surface area contributed by atoms with E-state index in [2.05, 4.69) is 10.6 Å². The van der Waals surface area contributed by atoms with Gasteiger partial charge in [0.2, 0.25) is 0 Å². The maximum Gasteiger partial charge on any atom is 0.255 e. The summed E-state index contributed by atoms with van der Waals surface area (Å²) < 4.78 is 13.1. The molecular weight excluding hydrogens is 295 g/mol. The summed E-state index contributed by atoms with van der Waals surface area (Å²) in [6.45, 7) is 1.68. The van der Waals surface area contributed by atoms with Crippen molar-refractivity contribution >= 4 is 17.5 Å². The zero-order valence-electron chi connectivity index (χ0n) is 12.7. The number of aryl methyl sites for hydroxylation is 1. The largest absolute Gasteiger partial charge is 0.349 e. The molecule has 0 spiro atoms. The third-order valence-electron chi connectivity index (χ3n) is 3.75. The number of anilines is 1. The van der Waals surface area contributed by atoms with Crippen molar-refractivity contribution < 1.29 is 14.0 Å². The highest BCUT2D eigenvalue weighted by Crippen LogP contribution is 2.20. The Bertz CT molecular complexity index is 752. The number of hydrogen-bond acceptors (Lipinski definition) is 2. The summed E-state index contributed by atoms with van der Waals surface area (Å²) >= 11 is 0. The van der Waals surface area contributed by atoms with E-state index in [1.807, 2.05) is 0 Å². The Labute approximate surface area is 133 Å². The van der Waals surface area contributed by atoms with Crippen molar-refractivity contribution in [1.82, 2.24) is 5.32 Å². The minimum atomic E-state index is -0.370. The zero-order valence-corrected chi connectivity index (χ0v) is 12.7. The first-order valence-electron chi connectivity index (χ1n) is 7.51. The first-order valence-corrected chi connectivity index (χ1v) is 7.51. The van der Waals surface area contributed by atoms with E-state index in [4.69, 9.17) is 0 Å². The number of amides is 2. The van der Waals surface area contributed by atoms with Crippen molar-refractivity contribution in [2.24, 2.45) is 0 Å². The van der Waals surface area contributed by atoms with Crippen LogP contribution < -0.4 is 10.6 Å². The lowest BCUT2D eigenvalue weighted by Crippen LogP contribution is -2.25. The van der Waals surface area contributed by atoms with Crippen molar-refractivity contribution in [3.05, 3.63) is 65.0 Å². The fourth-order valence-electron chi connectivity index (χ4n) is 2.28. The molecule has 0 unspecified atom stereocenters. The Balaban J connectivity index is 1.67. The van der Waals surface area contributed by atoms with Crippen LogP contribution in [0.4, 0.5) is 10.1 Å². The molecule has 23 heavy (non-hydrogen) atoms. The van der Waals surface area contributed by atoms with E-state index in [1.54, 1.807) is 31.2 Å². The molecule has 4 nitrogen and oxygen atoms in total. The number of nitrogens with one attached hydrogen (secondary N) is 2. The first kappa shape index (κ1) is 15.2. The molecular formula is C18H17FN2O2. The van der Waals surface area contributed by atoms with Crippen molar-refractivity contribution in [3.63, 3.8) is 0 Å². The molecule has 0 aliphatic heterocycles. The van der Waals surface area contributed by atoms with E-state index in [0.717, 1.165) is 12.8 Å². The van der Waals surface area contributed by atoms with Crippen LogP contribution in [0.2, 0.25) is 0 Å². The van der Waals surface area contributed by atoms with Gasteiger partial charge >= 0.3 is 0 Å². The monoisotopic (exact) mass is 312 g/mol. The smallest absolute Gasteiger partial charge is 0.255 e. The highest BCUT2D eigenvalue weighted by molar-refractivity contribution is 6.05. The number of rotatable bonds is 4. The van der Waals surface area contributed by atoms with Crippen LogP contribution in [0.5, 0.6) is 0 Å². The molecule has 118 valence electrons. The molecule has 0 aromatic heterocycles. The molecule has 0 radical (unpaired) electrons. The number of carbonyl (C=O) groups is 2. The number of carbonyl (C=O) groups excluding carboxylic acids is 2. The van der Waals surface area contributed by atoms with E-state index in [-0.39, 0.29) is 17.6 Å². The molecule has 0 atom stereocenters. The second-order valence-electron chi connectivity index (χ2n) is 5.74. The molecule has 0 saturated heterocycles. The zero-order chi connectivity index (χ0) is 16.4. The second-order valence-corrected chi connectivity index (χ2v) is 5.74. The van der Waals surface area contributed by atoms with Gasteiger partial charge in [-0.25, -0.2) is 4.39 Å². The molecule has 1 aliphatic carbocycles. The molecule has 3 rings (SSSR count). The number of benzene rings is 2.